The first-order valence-corrected chi connectivity index (χ1v) is 5.84. The van der Waals surface area contributed by atoms with E-state index in [2.05, 4.69) is 29.0 Å². The summed E-state index contributed by atoms with van der Waals surface area (Å²) >= 11 is 0. The zero-order valence-electron chi connectivity index (χ0n) is 9.80. The molecular weight excluding hydrogens is 218 g/mol. The maximum absolute atomic E-state index is 4.35. The fourth-order valence-electron chi connectivity index (χ4n) is 1.87. The Bertz CT molecular complexity index is 728. The van der Waals surface area contributed by atoms with E-state index in [9.17, 15) is 0 Å². The van der Waals surface area contributed by atoms with Crippen LogP contribution in [0.4, 0.5) is 0 Å². The third-order valence-corrected chi connectivity index (χ3v) is 2.77. The van der Waals surface area contributed by atoms with Crippen LogP contribution in [0.3, 0.4) is 0 Å². The molecule has 0 atom stereocenters. The highest BCUT2D eigenvalue weighted by atomic mass is 14.7. The summed E-state index contributed by atoms with van der Waals surface area (Å²) in [5, 5.41) is 2.27. The van der Waals surface area contributed by atoms with Gasteiger partial charge in [0.25, 0.3) is 0 Å². The van der Waals surface area contributed by atoms with Crippen molar-refractivity contribution in [3.05, 3.63) is 78.1 Å². The lowest BCUT2D eigenvalue weighted by molar-refractivity contribution is 1.32. The summed E-state index contributed by atoms with van der Waals surface area (Å²) in [5.41, 5.74) is 1.84. The fraction of sp³-hybridized carbons (Fsp3) is 0. The monoisotopic (exact) mass is 229 g/mol. The van der Waals surface area contributed by atoms with Crippen LogP contribution >= 0.6 is 0 Å². The van der Waals surface area contributed by atoms with Gasteiger partial charge in [0.2, 0.25) is 0 Å². The normalized spacial score (nSPS) is 9.78. The van der Waals surface area contributed by atoms with Gasteiger partial charge in [-0.3, -0.25) is 0 Å². The number of hydrogen-bond donors (Lipinski definition) is 0. The van der Waals surface area contributed by atoms with Crippen LogP contribution in [-0.4, -0.2) is 4.98 Å². The number of pyridine rings is 1. The SMILES string of the molecule is C(#Cc1nccc2ccccc12)c1ccccc1. The highest BCUT2D eigenvalue weighted by Crippen LogP contribution is 2.15. The third kappa shape index (κ3) is 2.09. The van der Waals surface area contributed by atoms with E-state index < -0.39 is 0 Å². The van der Waals surface area contributed by atoms with Crippen LogP contribution in [0.15, 0.2) is 66.9 Å². The Morgan fingerprint density at radius 1 is 0.722 bits per heavy atom. The molecule has 18 heavy (non-hydrogen) atoms. The summed E-state index contributed by atoms with van der Waals surface area (Å²) in [6.45, 7) is 0. The number of hydrogen-bond acceptors (Lipinski definition) is 1. The smallest absolute Gasteiger partial charge is 0.121 e. The van der Waals surface area contributed by atoms with Crippen molar-refractivity contribution in [2.24, 2.45) is 0 Å². The van der Waals surface area contributed by atoms with Gasteiger partial charge in [0.05, 0.1) is 0 Å². The molecule has 3 aromatic rings. The van der Waals surface area contributed by atoms with Crippen molar-refractivity contribution < 1.29 is 0 Å². The first-order valence-electron chi connectivity index (χ1n) is 5.84. The lowest BCUT2D eigenvalue weighted by atomic mass is 10.1. The van der Waals surface area contributed by atoms with Gasteiger partial charge in [-0.15, -0.1) is 0 Å². The molecule has 0 fully saturated rings. The van der Waals surface area contributed by atoms with Crippen molar-refractivity contribution in [2.45, 2.75) is 0 Å². The lowest BCUT2D eigenvalue weighted by Gasteiger charge is -1.98. The summed E-state index contributed by atoms with van der Waals surface area (Å²) < 4.78 is 0. The number of rotatable bonds is 0. The zero-order chi connectivity index (χ0) is 12.2. The predicted octanol–water partition coefficient (Wildman–Crippen LogP) is 3.63. The molecule has 0 bridgehead atoms. The van der Waals surface area contributed by atoms with Crippen LogP contribution in [0.2, 0.25) is 0 Å². The molecule has 0 N–H and O–H groups in total. The van der Waals surface area contributed by atoms with Crippen molar-refractivity contribution in [1.82, 2.24) is 4.98 Å². The molecular formula is C17H11N. The minimum Gasteiger partial charge on any atom is -0.247 e. The van der Waals surface area contributed by atoms with Crippen LogP contribution in [0.25, 0.3) is 10.8 Å². The molecule has 1 heterocycles. The molecule has 84 valence electrons. The summed E-state index contributed by atoms with van der Waals surface area (Å²) in [6.07, 6.45) is 1.80. The van der Waals surface area contributed by atoms with Gasteiger partial charge in [-0.25, -0.2) is 4.98 Å². The Kier molecular flexibility index (Phi) is 2.77. The minimum absolute atomic E-state index is 0.831. The quantitative estimate of drug-likeness (QED) is 0.536. The molecule has 0 saturated heterocycles. The Morgan fingerprint density at radius 2 is 1.50 bits per heavy atom. The Hall–Kier alpha value is -2.59. The topological polar surface area (TPSA) is 12.9 Å². The maximum Gasteiger partial charge on any atom is 0.121 e. The van der Waals surface area contributed by atoms with Gasteiger partial charge in [0.15, 0.2) is 0 Å². The van der Waals surface area contributed by atoms with E-state index in [1.54, 1.807) is 6.20 Å². The second-order valence-corrected chi connectivity index (χ2v) is 4.00. The maximum atomic E-state index is 4.35. The minimum atomic E-state index is 0.831. The molecule has 0 aliphatic rings. The van der Waals surface area contributed by atoms with Gasteiger partial charge in [0.1, 0.15) is 5.69 Å². The molecule has 1 nitrogen and oxygen atoms in total. The highest BCUT2D eigenvalue weighted by Gasteiger charge is 1.97. The van der Waals surface area contributed by atoms with E-state index in [0.717, 1.165) is 16.6 Å². The molecule has 0 aliphatic heterocycles. The van der Waals surface area contributed by atoms with Crippen molar-refractivity contribution in [2.75, 3.05) is 0 Å². The zero-order valence-corrected chi connectivity index (χ0v) is 9.80. The number of nitrogens with zero attached hydrogens (tertiary/aromatic N) is 1. The van der Waals surface area contributed by atoms with E-state index in [1.807, 2.05) is 48.5 Å². The Morgan fingerprint density at radius 3 is 2.39 bits per heavy atom. The highest BCUT2D eigenvalue weighted by molar-refractivity contribution is 5.86. The van der Waals surface area contributed by atoms with Gasteiger partial charge in [-0.05, 0) is 29.5 Å². The first-order chi connectivity index (χ1) is 8.93. The van der Waals surface area contributed by atoms with Crippen LogP contribution in [0.1, 0.15) is 11.3 Å². The molecule has 0 aliphatic carbocycles. The summed E-state index contributed by atoms with van der Waals surface area (Å²) in [6, 6.07) is 20.1. The van der Waals surface area contributed by atoms with Gasteiger partial charge < -0.3 is 0 Å². The second kappa shape index (κ2) is 4.73. The third-order valence-electron chi connectivity index (χ3n) is 2.77. The predicted molar refractivity (Wildman–Crippen MR) is 74.2 cm³/mol. The second-order valence-electron chi connectivity index (χ2n) is 4.00. The molecule has 0 saturated carbocycles. The van der Waals surface area contributed by atoms with E-state index >= 15 is 0 Å². The fourth-order valence-corrected chi connectivity index (χ4v) is 1.87. The van der Waals surface area contributed by atoms with Crippen LogP contribution in [0.5, 0.6) is 0 Å². The van der Waals surface area contributed by atoms with Crippen molar-refractivity contribution in [3.8, 4) is 11.8 Å². The van der Waals surface area contributed by atoms with Crippen LogP contribution in [0, 0.1) is 11.8 Å². The van der Waals surface area contributed by atoms with Gasteiger partial charge in [-0.1, -0.05) is 48.4 Å². The summed E-state index contributed by atoms with van der Waals surface area (Å²) in [7, 11) is 0. The van der Waals surface area contributed by atoms with E-state index in [-0.39, 0.29) is 0 Å². The number of fused-ring (bicyclic) bond motifs is 1. The summed E-state index contributed by atoms with van der Waals surface area (Å²) in [4.78, 5) is 4.35. The largest absolute Gasteiger partial charge is 0.247 e. The first kappa shape index (κ1) is 10.6. The Balaban J connectivity index is 2.09. The molecule has 0 radical (unpaired) electrons. The van der Waals surface area contributed by atoms with Gasteiger partial charge >= 0.3 is 0 Å². The van der Waals surface area contributed by atoms with Crippen LogP contribution < -0.4 is 0 Å². The van der Waals surface area contributed by atoms with Crippen molar-refractivity contribution in [1.29, 1.82) is 0 Å². The molecule has 0 amide bonds. The van der Waals surface area contributed by atoms with Crippen molar-refractivity contribution >= 4 is 10.8 Å². The average molecular weight is 229 g/mol. The molecule has 0 spiro atoms. The molecule has 0 unspecified atom stereocenters. The van der Waals surface area contributed by atoms with E-state index in [0.29, 0.717) is 0 Å². The van der Waals surface area contributed by atoms with Gasteiger partial charge in [-0.2, -0.15) is 0 Å². The lowest BCUT2D eigenvalue weighted by Crippen LogP contribution is -1.84. The van der Waals surface area contributed by atoms with Crippen LogP contribution in [-0.2, 0) is 0 Å². The molecule has 1 aromatic heterocycles. The molecule has 3 rings (SSSR count). The summed E-state index contributed by atoms with van der Waals surface area (Å²) in [5.74, 6) is 6.28. The van der Waals surface area contributed by atoms with E-state index in [1.165, 1.54) is 5.39 Å². The van der Waals surface area contributed by atoms with Crippen molar-refractivity contribution in [3.63, 3.8) is 0 Å². The van der Waals surface area contributed by atoms with Gasteiger partial charge in [0, 0.05) is 17.1 Å². The number of aromatic nitrogens is 1. The number of benzene rings is 2. The Labute approximate surface area is 106 Å². The van der Waals surface area contributed by atoms with E-state index in [4.69, 9.17) is 0 Å². The average Bonchev–Trinajstić information content (AvgIpc) is 2.46. The standard InChI is InChI=1S/C17H11N/c1-2-6-14(7-3-1)10-11-17-16-9-5-4-8-15(16)12-13-18-17/h1-9,12-13H. The molecule has 2 aromatic carbocycles. The molecule has 1 heteroatoms.